The standard InChI is InChI=1S/C11H24N2S/c1-3-5-6-12-7-8-13(11-12)9-10-14-4-2/h3-11H2,1-2H3. The van der Waals surface area contributed by atoms with E-state index >= 15 is 0 Å². The Balaban J connectivity index is 2.02. The zero-order valence-corrected chi connectivity index (χ0v) is 10.5. The summed E-state index contributed by atoms with van der Waals surface area (Å²) in [6.07, 6.45) is 2.68. The fourth-order valence-electron chi connectivity index (χ4n) is 1.79. The molecule has 3 heteroatoms. The highest BCUT2D eigenvalue weighted by Gasteiger charge is 2.17. The van der Waals surface area contributed by atoms with Crippen molar-refractivity contribution in [1.29, 1.82) is 0 Å². The van der Waals surface area contributed by atoms with Crippen LogP contribution in [0, 0.1) is 0 Å². The molecular formula is C11H24N2S. The van der Waals surface area contributed by atoms with Crippen molar-refractivity contribution in [3.8, 4) is 0 Å². The third kappa shape index (κ3) is 4.67. The molecule has 0 aliphatic carbocycles. The van der Waals surface area contributed by atoms with E-state index in [0.717, 1.165) is 0 Å². The predicted molar refractivity (Wildman–Crippen MR) is 65.9 cm³/mol. The van der Waals surface area contributed by atoms with Gasteiger partial charge in [-0.2, -0.15) is 11.8 Å². The molecule has 0 N–H and O–H groups in total. The lowest BCUT2D eigenvalue weighted by atomic mass is 10.3. The summed E-state index contributed by atoms with van der Waals surface area (Å²) in [4.78, 5) is 5.17. The second-order valence-corrected chi connectivity index (χ2v) is 5.32. The first kappa shape index (κ1) is 12.3. The van der Waals surface area contributed by atoms with Gasteiger partial charge in [-0.3, -0.25) is 9.80 Å². The maximum Gasteiger partial charge on any atom is 0.0507 e. The molecule has 0 atom stereocenters. The highest BCUT2D eigenvalue weighted by molar-refractivity contribution is 7.99. The molecule has 0 radical (unpaired) electrons. The van der Waals surface area contributed by atoms with Crippen molar-refractivity contribution in [2.45, 2.75) is 26.7 Å². The van der Waals surface area contributed by atoms with E-state index in [9.17, 15) is 0 Å². The monoisotopic (exact) mass is 216 g/mol. The van der Waals surface area contributed by atoms with E-state index in [1.54, 1.807) is 0 Å². The maximum atomic E-state index is 2.58. The average Bonchev–Trinajstić information content (AvgIpc) is 2.63. The highest BCUT2D eigenvalue weighted by Crippen LogP contribution is 2.08. The minimum absolute atomic E-state index is 1.21. The van der Waals surface area contributed by atoms with Crippen molar-refractivity contribution in [2.24, 2.45) is 0 Å². The topological polar surface area (TPSA) is 6.48 Å². The van der Waals surface area contributed by atoms with Gasteiger partial charge in [-0.25, -0.2) is 0 Å². The van der Waals surface area contributed by atoms with Gasteiger partial charge in [0.1, 0.15) is 0 Å². The zero-order valence-electron chi connectivity index (χ0n) is 9.67. The van der Waals surface area contributed by atoms with Crippen LogP contribution in [0.5, 0.6) is 0 Å². The van der Waals surface area contributed by atoms with Crippen LogP contribution in [0.2, 0.25) is 0 Å². The van der Waals surface area contributed by atoms with Gasteiger partial charge >= 0.3 is 0 Å². The molecule has 0 unspecified atom stereocenters. The molecule has 0 aromatic heterocycles. The highest BCUT2D eigenvalue weighted by atomic mass is 32.2. The largest absolute Gasteiger partial charge is 0.289 e. The molecule has 84 valence electrons. The Kier molecular flexibility index (Phi) is 6.65. The first-order valence-electron chi connectivity index (χ1n) is 5.89. The quantitative estimate of drug-likeness (QED) is 0.602. The molecule has 1 saturated heterocycles. The molecule has 1 aliphatic heterocycles. The summed E-state index contributed by atoms with van der Waals surface area (Å²) >= 11 is 2.05. The molecular weight excluding hydrogens is 192 g/mol. The zero-order chi connectivity index (χ0) is 10.2. The van der Waals surface area contributed by atoms with Crippen LogP contribution in [0.25, 0.3) is 0 Å². The van der Waals surface area contributed by atoms with Gasteiger partial charge in [-0.15, -0.1) is 0 Å². The summed E-state index contributed by atoms with van der Waals surface area (Å²) in [7, 11) is 0. The summed E-state index contributed by atoms with van der Waals surface area (Å²) in [5.74, 6) is 2.56. The first-order valence-corrected chi connectivity index (χ1v) is 7.04. The van der Waals surface area contributed by atoms with Crippen LogP contribution in [0.15, 0.2) is 0 Å². The van der Waals surface area contributed by atoms with E-state index in [0.29, 0.717) is 0 Å². The van der Waals surface area contributed by atoms with Gasteiger partial charge in [-0.1, -0.05) is 20.3 Å². The molecule has 0 spiro atoms. The number of thioether (sulfide) groups is 1. The Morgan fingerprint density at radius 3 is 2.43 bits per heavy atom. The molecule has 1 rings (SSSR count). The Labute approximate surface area is 93.0 Å². The number of nitrogens with zero attached hydrogens (tertiary/aromatic N) is 2. The van der Waals surface area contributed by atoms with E-state index < -0.39 is 0 Å². The van der Waals surface area contributed by atoms with Crippen molar-refractivity contribution in [3.63, 3.8) is 0 Å². The summed E-state index contributed by atoms with van der Waals surface area (Å²) in [6, 6.07) is 0. The summed E-state index contributed by atoms with van der Waals surface area (Å²) in [6.45, 7) is 10.9. The van der Waals surface area contributed by atoms with E-state index in [1.807, 2.05) is 0 Å². The lowest BCUT2D eigenvalue weighted by Crippen LogP contribution is -2.27. The van der Waals surface area contributed by atoms with E-state index in [1.165, 1.54) is 57.2 Å². The molecule has 1 aliphatic rings. The minimum atomic E-state index is 1.21. The molecule has 0 amide bonds. The van der Waals surface area contributed by atoms with Crippen molar-refractivity contribution in [1.82, 2.24) is 9.80 Å². The van der Waals surface area contributed by atoms with E-state index in [2.05, 4.69) is 35.4 Å². The number of hydrogen-bond acceptors (Lipinski definition) is 3. The van der Waals surface area contributed by atoms with Gasteiger partial charge in [0.15, 0.2) is 0 Å². The van der Waals surface area contributed by atoms with Crippen LogP contribution in [-0.4, -0.2) is 54.2 Å². The number of unbranched alkanes of at least 4 members (excludes halogenated alkanes) is 1. The first-order chi connectivity index (χ1) is 6.86. The van der Waals surface area contributed by atoms with Crippen LogP contribution in [0.4, 0.5) is 0 Å². The van der Waals surface area contributed by atoms with Crippen LogP contribution >= 0.6 is 11.8 Å². The fourth-order valence-corrected chi connectivity index (χ4v) is 2.47. The molecule has 2 nitrogen and oxygen atoms in total. The molecule has 0 aromatic rings. The second-order valence-electron chi connectivity index (χ2n) is 3.93. The predicted octanol–water partition coefficient (Wildman–Crippen LogP) is 2.11. The number of hydrogen-bond donors (Lipinski definition) is 0. The molecule has 1 heterocycles. The Morgan fingerprint density at radius 2 is 1.79 bits per heavy atom. The number of rotatable bonds is 7. The van der Waals surface area contributed by atoms with Crippen LogP contribution in [0.3, 0.4) is 0 Å². The van der Waals surface area contributed by atoms with Crippen molar-refractivity contribution in [3.05, 3.63) is 0 Å². The van der Waals surface area contributed by atoms with Crippen LogP contribution < -0.4 is 0 Å². The Bertz CT molecular complexity index is 141. The second kappa shape index (κ2) is 7.55. The average molecular weight is 216 g/mol. The van der Waals surface area contributed by atoms with Gasteiger partial charge in [0.2, 0.25) is 0 Å². The molecule has 14 heavy (non-hydrogen) atoms. The third-order valence-corrected chi connectivity index (χ3v) is 3.60. The minimum Gasteiger partial charge on any atom is -0.289 e. The van der Waals surface area contributed by atoms with Crippen LogP contribution in [-0.2, 0) is 0 Å². The Morgan fingerprint density at radius 1 is 1.07 bits per heavy atom. The van der Waals surface area contributed by atoms with Gasteiger partial charge in [0.25, 0.3) is 0 Å². The molecule has 0 saturated carbocycles. The fraction of sp³-hybridized carbons (Fsp3) is 1.00. The van der Waals surface area contributed by atoms with Crippen LogP contribution in [0.1, 0.15) is 26.7 Å². The van der Waals surface area contributed by atoms with Gasteiger partial charge in [0.05, 0.1) is 6.67 Å². The summed E-state index contributed by atoms with van der Waals surface area (Å²) < 4.78 is 0. The maximum absolute atomic E-state index is 2.58. The molecule has 1 fully saturated rings. The smallest absolute Gasteiger partial charge is 0.0507 e. The van der Waals surface area contributed by atoms with Crippen molar-refractivity contribution >= 4 is 11.8 Å². The Hall–Kier alpha value is 0.270. The molecule has 0 aromatic carbocycles. The SMILES string of the molecule is CCCCN1CCN(CCSCC)C1. The van der Waals surface area contributed by atoms with Crippen molar-refractivity contribution in [2.75, 3.05) is 44.4 Å². The van der Waals surface area contributed by atoms with E-state index in [4.69, 9.17) is 0 Å². The normalized spacial score (nSPS) is 19.3. The summed E-state index contributed by atoms with van der Waals surface area (Å²) in [5, 5.41) is 0. The van der Waals surface area contributed by atoms with Gasteiger partial charge < -0.3 is 0 Å². The van der Waals surface area contributed by atoms with E-state index in [-0.39, 0.29) is 0 Å². The lowest BCUT2D eigenvalue weighted by Gasteiger charge is -2.17. The van der Waals surface area contributed by atoms with Gasteiger partial charge in [0, 0.05) is 25.4 Å². The lowest BCUT2D eigenvalue weighted by molar-refractivity contribution is 0.252. The van der Waals surface area contributed by atoms with Gasteiger partial charge in [-0.05, 0) is 18.7 Å². The summed E-state index contributed by atoms with van der Waals surface area (Å²) in [5.41, 5.74) is 0. The third-order valence-electron chi connectivity index (χ3n) is 2.72. The van der Waals surface area contributed by atoms with Crippen molar-refractivity contribution < 1.29 is 0 Å². The molecule has 0 bridgehead atoms.